The minimum Gasteiger partial charge on any atom is -0.480 e. The molecule has 0 aromatic carbocycles. The van der Waals surface area contributed by atoms with Gasteiger partial charge in [0.05, 0.1) is 19.5 Å². The van der Waals surface area contributed by atoms with E-state index >= 15 is 0 Å². The molecule has 7 nitrogen and oxygen atoms in total. The fourth-order valence-electron chi connectivity index (χ4n) is 2.29. The first-order valence-corrected chi connectivity index (χ1v) is 6.15. The summed E-state index contributed by atoms with van der Waals surface area (Å²) >= 11 is 0. The quantitative estimate of drug-likeness (QED) is 0.862. The van der Waals surface area contributed by atoms with Gasteiger partial charge in [-0.1, -0.05) is 0 Å². The highest BCUT2D eigenvalue weighted by Crippen LogP contribution is 2.22. The molecule has 0 bridgehead atoms. The van der Waals surface area contributed by atoms with Gasteiger partial charge in [0.1, 0.15) is 0 Å². The molecule has 0 saturated carbocycles. The van der Waals surface area contributed by atoms with Crippen molar-refractivity contribution in [1.82, 2.24) is 14.9 Å². The highest BCUT2D eigenvalue weighted by atomic mass is 16.5. The Hall–Kier alpha value is -2.05. The number of hydrogen-bond acceptors (Lipinski definition) is 5. The molecule has 0 aliphatic carbocycles. The maximum Gasteiger partial charge on any atom is 0.407 e. The molecule has 1 amide bonds. The number of methoxy groups -OCH3 is 1. The lowest BCUT2D eigenvalue weighted by Crippen LogP contribution is -2.58. The largest absolute Gasteiger partial charge is 0.480 e. The second-order valence-electron chi connectivity index (χ2n) is 4.70. The lowest BCUT2D eigenvalue weighted by Gasteiger charge is -2.43. The van der Waals surface area contributed by atoms with Crippen molar-refractivity contribution in [3.8, 4) is 5.88 Å². The molecule has 104 valence electrons. The highest BCUT2D eigenvalue weighted by Gasteiger charge is 2.32. The van der Waals surface area contributed by atoms with Gasteiger partial charge in [-0.15, -0.1) is 0 Å². The molecule has 2 heterocycles. The molecule has 1 saturated heterocycles. The zero-order valence-corrected chi connectivity index (χ0v) is 11.3. The summed E-state index contributed by atoms with van der Waals surface area (Å²) in [7, 11) is 1.54. The van der Waals surface area contributed by atoms with Gasteiger partial charge in [0.2, 0.25) is 5.88 Å². The summed E-state index contributed by atoms with van der Waals surface area (Å²) in [6.07, 6.45) is 2.34. The molecule has 1 aliphatic rings. The van der Waals surface area contributed by atoms with Gasteiger partial charge in [-0.2, -0.15) is 4.98 Å². The average Bonchev–Trinajstić information content (AvgIpc) is 2.40. The van der Waals surface area contributed by atoms with Crippen LogP contribution >= 0.6 is 0 Å². The Kier molecular flexibility index (Phi) is 3.73. The van der Waals surface area contributed by atoms with Crippen LogP contribution in [0, 0.1) is 0 Å². The van der Waals surface area contributed by atoms with Crippen molar-refractivity contribution in [2.75, 3.05) is 25.1 Å². The van der Waals surface area contributed by atoms with Gasteiger partial charge in [-0.25, -0.2) is 4.79 Å². The Balaban J connectivity index is 2.19. The van der Waals surface area contributed by atoms with E-state index in [0.29, 0.717) is 24.8 Å². The highest BCUT2D eigenvalue weighted by molar-refractivity contribution is 5.66. The second-order valence-corrected chi connectivity index (χ2v) is 4.70. The van der Waals surface area contributed by atoms with E-state index in [1.807, 2.05) is 13.8 Å². The van der Waals surface area contributed by atoms with Crippen molar-refractivity contribution in [1.29, 1.82) is 0 Å². The van der Waals surface area contributed by atoms with Crippen molar-refractivity contribution < 1.29 is 14.6 Å². The number of ether oxygens (including phenoxy) is 1. The Labute approximate surface area is 111 Å². The first kappa shape index (κ1) is 13.4. The van der Waals surface area contributed by atoms with E-state index in [4.69, 9.17) is 9.84 Å². The summed E-state index contributed by atoms with van der Waals surface area (Å²) in [5.74, 6) is 1.17. The van der Waals surface area contributed by atoms with Crippen LogP contribution in [0.1, 0.15) is 13.8 Å². The fourth-order valence-corrected chi connectivity index (χ4v) is 2.29. The molecule has 1 N–H and O–H groups in total. The Morgan fingerprint density at radius 2 is 2.11 bits per heavy atom. The maximum absolute atomic E-state index is 11.1. The zero-order valence-electron chi connectivity index (χ0n) is 11.3. The topological polar surface area (TPSA) is 78.8 Å². The second kappa shape index (κ2) is 5.29. The van der Waals surface area contributed by atoms with Crippen LogP contribution in [0.3, 0.4) is 0 Å². The molecule has 1 aliphatic heterocycles. The molecule has 0 spiro atoms. The number of amides is 1. The van der Waals surface area contributed by atoms with Crippen LogP contribution in [-0.2, 0) is 0 Å². The molecule has 7 heteroatoms. The molecule has 1 aromatic heterocycles. The predicted octanol–water partition coefficient (Wildman–Crippen LogP) is 1.06. The average molecular weight is 266 g/mol. The number of hydrogen-bond donors (Lipinski definition) is 1. The fraction of sp³-hybridized carbons (Fsp3) is 0.583. The molecule has 0 radical (unpaired) electrons. The number of nitrogens with zero attached hydrogens (tertiary/aromatic N) is 4. The normalized spacial score (nSPS) is 23.3. The Morgan fingerprint density at radius 1 is 1.37 bits per heavy atom. The first-order chi connectivity index (χ1) is 9.02. The molecule has 2 rings (SSSR count). The van der Waals surface area contributed by atoms with Crippen LogP contribution in [0.25, 0.3) is 0 Å². The van der Waals surface area contributed by atoms with Crippen LogP contribution in [0.5, 0.6) is 5.88 Å². The smallest absolute Gasteiger partial charge is 0.407 e. The molecule has 19 heavy (non-hydrogen) atoms. The van der Waals surface area contributed by atoms with Crippen LogP contribution in [0.15, 0.2) is 12.4 Å². The number of carboxylic acid groups (broad SMARTS) is 1. The van der Waals surface area contributed by atoms with Gasteiger partial charge in [0, 0.05) is 25.2 Å². The lowest BCUT2D eigenvalue weighted by atomic mass is 10.1. The summed E-state index contributed by atoms with van der Waals surface area (Å²) in [6.45, 7) is 4.91. The maximum atomic E-state index is 11.1. The summed E-state index contributed by atoms with van der Waals surface area (Å²) < 4.78 is 5.06. The van der Waals surface area contributed by atoms with E-state index in [0.717, 1.165) is 0 Å². The first-order valence-electron chi connectivity index (χ1n) is 6.15. The van der Waals surface area contributed by atoms with Crippen molar-refractivity contribution >= 4 is 11.9 Å². The number of anilines is 1. The minimum atomic E-state index is -0.879. The van der Waals surface area contributed by atoms with Gasteiger partial charge < -0.3 is 19.6 Å². The van der Waals surface area contributed by atoms with E-state index in [2.05, 4.69) is 14.9 Å². The third kappa shape index (κ3) is 2.69. The lowest BCUT2D eigenvalue weighted by molar-refractivity contribution is 0.114. The van der Waals surface area contributed by atoms with Crippen LogP contribution in [-0.4, -0.2) is 58.4 Å². The number of rotatable bonds is 2. The summed E-state index contributed by atoms with van der Waals surface area (Å²) in [5, 5.41) is 9.12. The molecule has 2 atom stereocenters. The standard InChI is InChI=1S/C12H18N4O3/c1-8-7-16(12(17)18)9(2)6-15(8)10-4-13-5-11(14-10)19-3/h4-5,8-9H,6-7H2,1-3H3,(H,17,18)/t8-,9-/m1/s1. The van der Waals surface area contributed by atoms with Crippen molar-refractivity contribution in [3.05, 3.63) is 12.4 Å². The van der Waals surface area contributed by atoms with Crippen molar-refractivity contribution in [2.24, 2.45) is 0 Å². The SMILES string of the molecule is COc1cncc(N2C[C@@H](C)N(C(=O)O)C[C@H]2C)n1. The summed E-state index contributed by atoms with van der Waals surface area (Å²) in [4.78, 5) is 23.1. The molecule has 1 aromatic rings. The van der Waals surface area contributed by atoms with E-state index in [1.54, 1.807) is 19.5 Å². The third-order valence-electron chi connectivity index (χ3n) is 3.33. The summed E-state index contributed by atoms with van der Waals surface area (Å²) in [5.41, 5.74) is 0. The molecular weight excluding hydrogens is 248 g/mol. The van der Waals surface area contributed by atoms with Crippen LogP contribution in [0.4, 0.5) is 10.6 Å². The van der Waals surface area contributed by atoms with Crippen molar-refractivity contribution in [3.63, 3.8) is 0 Å². The van der Waals surface area contributed by atoms with Gasteiger partial charge in [-0.3, -0.25) is 4.98 Å². The van der Waals surface area contributed by atoms with E-state index in [9.17, 15) is 4.79 Å². The predicted molar refractivity (Wildman–Crippen MR) is 69.6 cm³/mol. The summed E-state index contributed by atoms with van der Waals surface area (Å²) in [6, 6.07) is -0.0320. The molecule has 1 fully saturated rings. The number of aromatic nitrogens is 2. The van der Waals surface area contributed by atoms with E-state index < -0.39 is 6.09 Å². The van der Waals surface area contributed by atoms with Gasteiger partial charge in [0.15, 0.2) is 5.82 Å². The Bertz CT molecular complexity index is 468. The van der Waals surface area contributed by atoms with E-state index in [-0.39, 0.29) is 12.1 Å². The monoisotopic (exact) mass is 266 g/mol. The van der Waals surface area contributed by atoms with Gasteiger partial charge in [0.25, 0.3) is 0 Å². The minimum absolute atomic E-state index is 0.0497. The number of carbonyl (C=O) groups is 1. The van der Waals surface area contributed by atoms with Gasteiger partial charge in [-0.05, 0) is 13.8 Å². The van der Waals surface area contributed by atoms with Crippen LogP contribution < -0.4 is 9.64 Å². The van der Waals surface area contributed by atoms with Crippen molar-refractivity contribution in [2.45, 2.75) is 25.9 Å². The molecular formula is C12H18N4O3. The Morgan fingerprint density at radius 3 is 2.74 bits per heavy atom. The van der Waals surface area contributed by atoms with E-state index in [1.165, 1.54) is 4.90 Å². The van der Waals surface area contributed by atoms with Crippen LogP contribution in [0.2, 0.25) is 0 Å². The zero-order chi connectivity index (χ0) is 14.0. The number of piperazine rings is 1. The molecule has 0 unspecified atom stereocenters. The third-order valence-corrected chi connectivity index (χ3v) is 3.33. The van der Waals surface area contributed by atoms with Gasteiger partial charge >= 0.3 is 6.09 Å².